The number of nitrogens with two attached hydrogens (primary N) is 2. The summed E-state index contributed by atoms with van der Waals surface area (Å²) in [6.45, 7) is 7.90. The van der Waals surface area contributed by atoms with Crippen molar-refractivity contribution in [2.75, 3.05) is 79.3 Å². The van der Waals surface area contributed by atoms with Crippen molar-refractivity contribution in [1.29, 1.82) is 0 Å². The molecular weight excluding hydrogens is 312 g/mol. The summed E-state index contributed by atoms with van der Waals surface area (Å²) in [6.07, 6.45) is 4.79. The van der Waals surface area contributed by atoms with E-state index < -0.39 is 0 Å². The number of ether oxygens (including phenoxy) is 4. The van der Waals surface area contributed by atoms with Gasteiger partial charge in [0.15, 0.2) is 0 Å². The Bertz CT molecular complexity index is 204. The van der Waals surface area contributed by atoms with Gasteiger partial charge >= 0.3 is 0 Å². The van der Waals surface area contributed by atoms with Gasteiger partial charge in [0.05, 0.1) is 53.1 Å². The van der Waals surface area contributed by atoms with Gasteiger partial charge in [-0.2, -0.15) is 0 Å². The van der Waals surface area contributed by atoms with Gasteiger partial charge in [-0.1, -0.05) is 12.8 Å². The van der Waals surface area contributed by atoms with E-state index in [9.17, 15) is 0 Å². The highest BCUT2D eigenvalue weighted by Gasteiger charge is 1.93. The molecule has 6 N–H and O–H groups in total. The Morgan fingerprint density at radius 3 is 1.33 bits per heavy atom. The largest absolute Gasteiger partial charge is 0.378 e. The van der Waals surface area contributed by atoms with E-state index in [4.69, 9.17) is 30.4 Å². The molecule has 8 heteroatoms. The summed E-state index contributed by atoms with van der Waals surface area (Å²) < 4.78 is 21.2. The molecule has 146 valence electrons. The Hall–Kier alpha value is -0.320. The zero-order valence-electron chi connectivity index (χ0n) is 15.1. The third-order valence-electron chi connectivity index (χ3n) is 3.13. The number of nitrogens with one attached hydrogen (secondary N) is 2. The van der Waals surface area contributed by atoms with Gasteiger partial charge < -0.3 is 30.4 Å². The molecular formula is C16H38N4O4. The predicted molar refractivity (Wildman–Crippen MR) is 95.9 cm³/mol. The zero-order valence-corrected chi connectivity index (χ0v) is 15.1. The molecule has 0 fully saturated rings. The molecule has 0 aromatic carbocycles. The van der Waals surface area contributed by atoms with Gasteiger partial charge in [-0.15, -0.1) is 0 Å². The second kappa shape index (κ2) is 22.7. The van der Waals surface area contributed by atoms with Crippen LogP contribution in [0.3, 0.4) is 0 Å². The van der Waals surface area contributed by atoms with Crippen LogP contribution in [0.5, 0.6) is 0 Å². The SMILES string of the molecule is NCCOCCOCNCCCCCCNCOCCOCCN. The molecule has 0 aromatic rings. The molecule has 0 saturated heterocycles. The Kier molecular flexibility index (Phi) is 22.4. The van der Waals surface area contributed by atoms with E-state index in [0.29, 0.717) is 66.2 Å². The fraction of sp³-hybridized carbons (Fsp3) is 1.00. The van der Waals surface area contributed by atoms with Crippen LogP contribution in [0.2, 0.25) is 0 Å². The molecule has 0 spiro atoms. The molecule has 0 heterocycles. The lowest BCUT2D eigenvalue weighted by Gasteiger charge is -2.08. The van der Waals surface area contributed by atoms with Crippen molar-refractivity contribution >= 4 is 0 Å². The summed E-state index contributed by atoms with van der Waals surface area (Å²) in [7, 11) is 0. The third kappa shape index (κ3) is 21.7. The van der Waals surface area contributed by atoms with Crippen molar-refractivity contribution < 1.29 is 18.9 Å². The lowest BCUT2D eigenvalue weighted by atomic mass is 10.2. The van der Waals surface area contributed by atoms with Crippen molar-refractivity contribution in [2.45, 2.75) is 25.7 Å². The molecule has 0 aliphatic rings. The maximum absolute atomic E-state index is 5.38. The second-order valence-electron chi connectivity index (χ2n) is 5.32. The van der Waals surface area contributed by atoms with Crippen molar-refractivity contribution in [2.24, 2.45) is 11.5 Å². The van der Waals surface area contributed by atoms with E-state index in [0.717, 1.165) is 13.1 Å². The molecule has 8 nitrogen and oxygen atoms in total. The van der Waals surface area contributed by atoms with Gasteiger partial charge in [-0.05, 0) is 25.9 Å². The lowest BCUT2D eigenvalue weighted by molar-refractivity contribution is 0.0429. The standard InChI is InChI=1S/C16H38N4O4/c17-5-9-21-11-13-23-15-19-7-3-1-2-4-8-20-16-24-14-12-22-10-6-18/h19-20H,1-18H2. The van der Waals surface area contributed by atoms with Crippen molar-refractivity contribution in [3.05, 3.63) is 0 Å². The van der Waals surface area contributed by atoms with E-state index in [-0.39, 0.29) is 0 Å². The molecule has 0 aliphatic carbocycles. The predicted octanol–water partition coefficient (Wildman–Crippen LogP) is -0.375. The van der Waals surface area contributed by atoms with Crippen LogP contribution in [-0.4, -0.2) is 79.3 Å². The normalized spacial score (nSPS) is 11.2. The van der Waals surface area contributed by atoms with Crippen LogP contribution in [0.15, 0.2) is 0 Å². The Labute approximate surface area is 146 Å². The lowest BCUT2D eigenvalue weighted by Crippen LogP contribution is -2.22. The summed E-state index contributed by atoms with van der Waals surface area (Å²) in [5, 5.41) is 6.52. The fourth-order valence-electron chi connectivity index (χ4n) is 1.89. The maximum atomic E-state index is 5.38. The van der Waals surface area contributed by atoms with E-state index >= 15 is 0 Å². The highest BCUT2D eigenvalue weighted by atomic mass is 16.5. The molecule has 0 atom stereocenters. The van der Waals surface area contributed by atoms with Crippen LogP contribution in [0.4, 0.5) is 0 Å². The average molecular weight is 351 g/mol. The summed E-state index contributed by atoms with van der Waals surface area (Å²) in [5.41, 5.74) is 10.6. The molecule has 0 amide bonds. The first-order chi connectivity index (χ1) is 11.9. The topological polar surface area (TPSA) is 113 Å². The van der Waals surface area contributed by atoms with Gasteiger partial charge in [0.25, 0.3) is 0 Å². The summed E-state index contributed by atoms with van der Waals surface area (Å²) in [6, 6.07) is 0. The molecule has 0 unspecified atom stereocenters. The molecule has 0 saturated carbocycles. The Morgan fingerprint density at radius 2 is 0.917 bits per heavy atom. The minimum atomic E-state index is 0.561. The van der Waals surface area contributed by atoms with Gasteiger partial charge in [0.1, 0.15) is 0 Å². The van der Waals surface area contributed by atoms with E-state index in [2.05, 4.69) is 10.6 Å². The van der Waals surface area contributed by atoms with E-state index in [1.165, 1.54) is 25.7 Å². The Balaban J connectivity index is 2.93. The van der Waals surface area contributed by atoms with E-state index in [1.54, 1.807) is 0 Å². The van der Waals surface area contributed by atoms with Crippen molar-refractivity contribution in [3.8, 4) is 0 Å². The third-order valence-corrected chi connectivity index (χ3v) is 3.13. The average Bonchev–Trinajstić information content (AvgIpc) is 2.60. The van der Waals surface area contributed by atoms with Crippen LogP contribution in [0.25, 0.3) is 0 Å². The number of hydrogen-bond acceptors (Lipinski definition) is 8. The van der Waals surface area contributed by atoms with Crippen molar-refractivity contribution in [3.63, 3.8) is 0 Å². The summed E-state index contributed by atoms with van der Waals surface area (Å²) in [5.74, 6) is 0. The summed E-state index contributed by atoms with van der Waals surface area (Å²) >= 11 is 0. The van der Waals surface area contributed by atoms with Crippen molar-refractivity contribution in [1.82, 2.24) is 10.6 Å². The van der Waals surface area contributed by atoms with Crippen LogP contribution in [-0.2, 0) is 18.9 Å². The first-order valence-electron chi connectivity index (χ1n) is 9.04. The maximum Gasteiger partial charge on any atom is 0.0966 e. The fourth-order valence-corrected chi connectivity index (χ4v) is 1.89. The van der Waals surface area contributed by atoms with Crippen LogP contribution in [0, 0.1) is 0 Å². The minimum Gasteiger partial charge on any atom is -0.378 e. The quantitative estimate of drug-likeness (QED) is 0.164. The smallest absolute Gasteiger partial charge is 0.0966 e. The van der Waals surface area contributed by atoms with Gasteiger partial charge in [0.2, 0.25) is 0 Å². The molecule has 0 rings (SSSR count). The van der Waals surface area contributed by atoms with E-state index in [1.807, 2.05) is 0 Å². The van der Waals surface area contributed by atoms with Gasteiger partial charge in [-0.3, -0.25) is 10.6 Å². The highest BCUT2D eigenvalue weighted by molar-refractivity contribution is 4.48. The first-order valence-corrected chi connectivity index (χ1v) is 9.04. The van der Waals surface area contributed by atoms with Crippen LogP contribution in [0.1, 0.15) is 25.7 Å². The number of unbranched alkanes of at least 4 members (excludes halogenated alkanes) is 3. The molecule has 0 bridgehead atoms. The Morgan fingerprint density at radius 1 is 0.500 bits per heavy atom. The first kappa shape index (κ1) is 23.7. The summed E-state index contributed by atoms with van der Waals surface area (Å²) in [4.78, 5) is 0. The molecule has 0 radical (unpaired) electrons. The number of rotatable bonds is 21. The second-order valence-corrected chi connectivity index (χ2v) is 5.32. The van der Waals surface area contributed by atoms with Crippen LogP contribution >= 0.6 is 0 Å². The minimum absolute atomic E-state index is 0.561. The molecule has 24 heavy (non-hydrogen) atoms. The molecule has 0 aliphatic heterocycles. The van der Waals surface area contributed by atoms with Gasteiger partial charge in [0, 0.05) is 13.1 Å². The number of hydrogen-bond donors (Lipinski definition) is 4. The zero-order chi connectivity index (χ0) is 17.6. The highest BCUT2D eigenvalue weighted by Crippen LogP contribution is 1.97. The van der Waals surface area contributed by atoms with Gasteiger partial charge in [-0.25, -0.2) is 0 Å². The van der Waals surface area contributed by atoms with Crippen LogP contribution < -0.4 is 22.1 Å². The molecule has 0 aromatic heterocycles. The monoisotopic (exact) mass is 350 g/mol.